The van der Waals surface area contributed by atoms with E-state index in [-0.39, 0.29) is 10.8 Å². The third-order valence-electron chi connectivity index (χ3n) is 13.7. The van der Waals surface area contributed by atoms with Crippen molar-refractivity contribution in [2.75, 3.05) is 18.0 Å². The molecule has 3 aliphatic carbocycles. The average Bonchev–Trinajstić information content (AvgIpc) is 3.39. The first-order chi connectivity index (χ1) is 25.0. The summed E-state index contributed by atoms with van der Waals surface area (Å²) < 4.78 is 2.66. The third kappa shape index (κ3) is 7.71. The number of benzene rings is 2. The zero-order valence-electron chi connectivity index (χ0n) is 33.4. The quantitative estimate of drug-likeness (QED) is 0.185. The van der Waals surface area contributed by atoms with Gasteiger partial charge in [0.25, 0.3) is 0 Å². The number of fused-ring (bicyclic) bond motifs is 2. The molecule has 0 N–H and O–H groups in total. The molecule has 0 aromatic heterocycles. The highest BCUT2D eigenvalue weighted by Gasteiger charge is 2.44. The lowest BCUT2D eigenvalue weighted by Gasteiger charge is -2.28. The van der Waals surface area contributed by atoms with Gasteiger partial charge in [-0.15, -0.1) is 0 Å². The van der Waals surface area contributed by atoms with Crippen LogP contribution in [-0.2, 0) is 10.8 Å². The monoisotopic (exact) mass is 717 g/mol. The first kappa shape index (κ1) is 37.5. The number of rotatable bonds is 9. The highest BCUT2D eigenvalue weighted by Crippen LogP contribution is 2.49. The number of nitrogens with zero attached hydrogens (tertiary/aromatic N) is 2. The second-order valence-corrected chi connectivity index (χ2v) is 18.6. The summed E-state index contributed by atoms with van der Waals surface area (Å²) in [6.45, 7) is 16.3. The highest BCUT2D eigenvalue weighted by molar-refractivity contribution is 6.33. The predicted octanol–water partition coefficient (Wildman–Crippen LogP) is 13.9. The third-order valence-corrected chi connectivity index (χ3v) is 14.2. The van der Waals surface area contributed by atoms with Gasteiger partial charge in [-0.1, -0.05) is 144 Å². The zero-order valence-corrected chi connectivity index (χ0v) is 34.2. The van der Waals surface area contributed by atoms with Crippen LogP contribution in [0.1, 0.15) is 153 Å². The molecular weight excluding hydrogens is 652 g/mol. The Hall–Kier alpha value is -2.84. The van der Waals surface area contributed by atoms with Gasteiger partial charge in [0.2, 0.25) is 5.69 Å². The maximum absolute atomic E-state index is 7.30. The molecule has 0 bridgehead atoms. The average molecular weight is 719 g/mol. The molecule has 0 atom stereocenters. The van der Waals surface area contributed by atoms with Crippen LogP contribution in [0.5, 0.6) is 0 Å². The zero-order chi connectivity index (χ0) is 36.5. The van der Waals surface area contributed by atoms with Crippen LogP contribution in [0, 0.1) is 25.7 Å². The van der Waals surface area contributed by atoms with Crippen LogP contribution in [0.25, 0.3) is 0 Å². The summed E-state index contributed by atoms with van der Waals surface area (Å²) in [5.74, 6) is 1.71. The fourth-order valence-electron chi connectivity index (χ4n) is 10.4. The van der Waals surface area contributed by atoms with Gasteiger partial charge < -0.3 is 4.90 Å². The Bertz CT molecular complexity index is 1780. The molecule has 2 aromatic carbocycles. The minimum Gasteiger partial charge on any atom is -0.344 e. The smallest absolute Gasteiger partial charge is 0.209 e. The van der Waals surface area contributed by atoms with Gasteiger partial charge >= 0.3 is 0 Å². The van der Waals surface area contributed by atoms with Crippen molar-refractivity contribution < 1.29 is 4.58 Å². The summed E-state index contributed by atoms with van der Waals surface area (Å²) in [4.78, 5) is 2.66. The standard InChI is InChI=1S/C49H66ClN2/c1-35-19-25-43-41(33-35)48(3,4)45(51(43)31-29-37-15-11-7-8-12-16-37)27-23-39-21-22-40(47(39)50)24-28-46-49(5,6)42-34-36(2)20-26-44(42)52(46)32-30-38-17-13-9-10-14-18-38/h19-20,23-28,33-34,37-38H,7-18,21-22,29-32H2,1-6H3/q+1. The van der Waals surface area contributed by atoms with Crippen LogP contribution >= 0.6 is 11.6 Å². The normalized spacial score (nSPS) is 24.0. The van der Waals surface area contributed by atoms with Gasteiger partial charge in [0, 0.05) is 52.5 Å². The van der Waals surface area contributed by atoms with Crippen molar-refractivity contribution in [3.8, 4) is 0 Å². The maximum atomic E-state index is 7.30. The van der Waals surface area contributed by atoms with Gasteiger partial charge in [-0.2, -0.15) is 4.58 Å². The minimum atomic E-state index is -0.0440. The van der Waals surface area contributed by atoms with Gasteiger partial charge in [-0.05, 0) is 93.7 Å². The fraction of sp³-hybridized carbons (Fsp3) is 0.571. The maximum Gasteiger partial charge on any atom is 0.209 e. The fourth-order valence-corrected chi connectivity index (χ4v) is 10.7. The minimum absolute atomic E-state index is 0.0440. The molecule has 0 amide bonds. The van der Waals surface area contributed by atoms with Crippen LogP contribution in [0.4, 0.5) is 11.4 Å². The van der Waals surface area contributed by atoms with Gasteiger partial charge in [-0.25, -0.2) is 0 Å². The van der Waals surface area contributed by atoms with E-state index in [0.29, 0.717) is 0 Å². The second kappa shape index (κ2) is 15.9. The molecule has 5 aliphatic rings. The number of aryl methyl sites for hydroxylation is 2. The van der Waals surface area contributed by atoms with Crippen molar-refractivity contribution in [2.24, 2.45) is 11.8 Å². The molecular formula is C49H66ClN2+. The lowest BCUT2D eigenvalue weighted by molar-refractivity contribution is -0.439. The molecule has 2 nitrogen and oxygen atoms in total. The van der Waals surface area contributed by atoms with Crippen molar-refractivity contribution in [1.82, 2.24) is 0 Å². The van der Waals surface area contributed by atoms with E-state index in [1.807, 2.05) is 0 Å². The molecule has 7 rings (SSSR count). The molecule has 2 aromatic rings. The Labute approximate surface area is 321 Å². The summed E-state index contributed by atoms with van der Waals surface area (Å²) in [5.41, 5.74) is 13.7. The predicted molar refractivity (Wildman–Crippen MR) is 225 cm³/mol. The van der Waals surface area contributed by atoms with E-state index < -0.39 is 0 Å². The molecule has 2 saturated carbocycles. The van der Waals surface area contributed by atoms with Crippen LogP contribution < -0.4 is 4.90 Å². The second-order valence-electron chi connectivity index (χ2n) is 18.2. The van der Waals surface area contributed by atoms with Gasteiger partial charge in [0.15, 0.2) is 5.71 Å². The molecule has 0 radical (unpaired) electrons. The van der Waals surface area contributed by atoms with Gasteiger partial charge in [0.05, 0.1) is 5.41 Å². The van der Waals surface area contributed by atoms with Crippen molar-refractivity contribution >= 4 is 28.7 Å². The lowest BCUT2D eigenvalue weighted by Crippen LogP contribution is -2.28. The Morgan fingerprint density at radius 2 is 1.33 bits per heavy atom. The Balaban J connectivity index is 1.16. The molecule has 0 saturated heterocycles. The number of allylic oxidation sites excluding steroid dienone is 8. The first-order valence-corrected chi connectivity index (χ1v) is 21.5. The van der Waals surface area contributed by atoms with E-state index in [0.717, 1.165) is 42.8 Å². The number of hydrogen-bond donors (Lipinski definition) is 0. The molecule has 2 fully saturated rings. The Morgan fingerprint density at radius 3 is 2.00 bits per heavy atom. The van der Waals surface area contributed by atoms with Gasteiger partial charge in [-0.3, -0.25) is 0 Å². The first-order valence-electron chi connectivity index (χ1n) is 21.2. The number of hydrogen-bond acceptors (Lipinski definition) is 1. The molecule has 2 heterocycles. The molecule has 52 heavy (non-hydrogen) atoms. The molecule has 278 valence electrons. The van der Waals surface area contributed by atoms with E-state index >= 15 is 0 Å². The summed E-state index contributed by atoms with van der Waals surface area (Å²) in [6.07, 6.45) is 31.1. The van der Waals surface area contributed by atoms with Crippen molar-refractivity contribution in [2.45, 2.75) is 155 Å². The topological polar surface area (TPSA) is 6.25 Å². The lowest BCUT2D eigenvalue weighted by atomic mass is 9.80. The van der Waals surface area contributed by atoms with Crippen LogP contribution in [0.2, 0.25) is 0 Å². The van der Waals surface area contributed by atoms with Crippen molar-refractivity contribution in [3.63, 3.8) is 0 Å². The number of halogens is 1. The Kier molecular flexibility index (Phi) is 11.4. The van der Waals surface area contributed by atoms with Crippen LogP contribution in [-0.4, -0.2) is 23.4 Å². The summed E-state index contributed by atoms with van der Waals surface area (Å²) >= 11 is 7.30. The van der Waals surface area contributed by atoms with E-state index in [1.165, 1.54) is 146 Å². The van der Waals surface area contributed by atoms with E-state index in [1.54, 1.807) is 0 Å². The van der Waals surface area contributed by atoms with Crippen LogP contribution in [0.3, 0.4) is 0 Å². The number of anilines is 1. The highest BCUT2D eigenvalue weighted by atomic mass is 35.5. The van der Waals surface area contributed by atoms with E-state index in [2.05, 4.69) is 112 Å². The largest absolute Gasteiger partial charge is 0.344 e. The van der Waals surface area contributed by atoms with E-state index in [4.69, 9.17) is 11.6 Å². The SMILES string of the molecule is Cc1ccc2c(c1)C(C)(C)C(=C/C=C1\CCC(/C=C/C3=[N+](CCC4CCCCCC4)c4ccc(C)cc4C3(C)C)=C1Cl)N2CCC1CCCCCC1. The summed E-state index contributed by atoms with van der Waals surface area (Å²) in [5, 5.41) is 0.956. The van der Waals surface area contributed by atoms with E-state index in [9.17, 15) is 0 Å². The molecule has 3 heteroatoms. The molecule has 2 aliphatic heterocycles. The molecule has 0 unspecified atom stereocenters. The molecule has 0 spiro atoms. The van der Waals surface area contributed by atoms with Crippen LogP contribution in [0.15, 0.2) is 82.6 Å². The summed E-state index contributed by atoms with van der Waals surface area (Å²) in [7, 11) is 0. The summed E-state index contributed by atoms with van der Waals surface area (Å²) in [6, 6.07) is 14.2. The van der Waals surface area contributed by atoms with Crippen molar-refractivity contribution in [1.29, 1.82) is 0 Å². The van der Waals surface area contributed by atoms with Crippen molar-refractivity contribution in [3.05, 3.63) is 105 Å². The van der Waals surface area contributed by atoms with Gasteiger partial charge in [0.1, 0.15) is 6.54 Å². The Morgan fingerprint density at radius 1 is 0.712 bits per heavy atom.